The van der Waals surface area contributed by atoms with E-state index in [4.69, 9.17) is 15.2 Å². The van der Waals surface area contributed by atoms with Crippen LogP contribution in [0.25, 0.3) is 5.52 Å². The van der Waals surface area contributed by atoms with Crippen molar-refractivity contribution >= 4 is 17.2 Å². The molecule has 1 aliphatic heterocycles. The highest BCUT2D eigenvalue weighted by Crippen LogP contribution is 2.34. The van der Waals surface area contributed by atoms with Gasteiger partial charge in [0.15, 0.2) is 5.82 Å². The second-order valence-electron chi connectivity index (χ2n) is 8.11. The van der Waals surface area contributed by atoms with Gasteiger partial charge in [-0.25, -0.2) is 9.50 Å². The number of hydrogen-bond acceptors (Lipinski definition) is 6. The minimum absolute atomic E-state index is 0.0375. The Balaban J connectivity index is 1.76. The molecule has 2 aromatic heterocycles. The zero-order valence-electron chi connectivity index (χ0n) is 19.0. The molecule has 8 nitrogen and oxygen atoms in total. The van der Waals surface area contributed by atoms with Gasteiger partial charge in [0.2, 0.25) is 5.91 Å². The summed E-state index contributed by atoms with van der Waals surface area (Å²) in [6, 6.07) is 7.81. The number of benzene rings is 1. The standard InChI is InChI=1S/C25H27N5O3/c1-5-23(31)29-13-19(11-20(29)14-32-3)22-12-18(24-25(26)27-15-28-30(22)24)7-6-17-8-16(2)9-21(10-17)33-4/h5,8-10,12,15,19-20H,1,11,13-14H2,2-4H3,(H2,26,27,28)/t19-,20+/m0/s1. The van der Waals surface area contributed by atoms with E-state index in [0.717, 1.165) is 34.6 Å². The van der Waals surface area contributed by atoms with E-state index in [1.807, 2.05) is 31.2 Å². The number of likely N-dealkylation sites (tertiary alicyclic amines) is 1. The van der Waals surface area contributed by atoms with Gasteiger partial charge in [0, 0.05) is 30.8 Å². The van der Waals surface area contributed by atoms with E-state index in [0.29, 0.717) is 24.5 Å². The number of aryl methyl sites for hydroxylation is 1. The SMILES string of the molecule is C=CC(=O)N1C[C@@H](c2cc(C#Cc3cc(C)cc(OC)c3)c3c(N)ncnn23)C[C@@H]1COC. The normalized spacial score (nSPS) is 17.6. The minimum Gasteiger partial charge on any atom is -0.497 e. The summed E-state index contributed by atoms with van der Waals surface area (Å²) in [6.07, 6.45) is 3.52. The molecular weight excluding hydrogens is 418 g/mol. The molecule has 0 saturated carbocycles. The van der Waals surface area contributed by atoms with Crippen LogP contribution in [0, 0.1) is 18.8 Å². The molecule has 0 spiro atoms. The fourth-order valence-corrected chi connectivity index (χ4v) is 4.42. The molecule has 0 aliphatic carbocycles. The monoisotopic (exact) mass is 445 g/mol. The van der Waals surface area contributed by atoms with Crippen LogP contribution in [-0.2, 0) is 9.53 Å². The summed E-state index contributed by atoms with van der Waals surface area (Å²) in [4.78, 5) is 18.4. The second kappa shape index (κ2) is 9.35. The van der Waals surface area contributed by atoms with Crippen molar-refractivity contribution in [2.45, 2.75) is 25.3 Å². The van der Waals surface area contributed by atoms with E-state index in [1.54, 1.807) is 23.6 Å². The first kappa shape index (κ1) is 22.4. The number of amides is 1. The molecule has 1 aromatic carbocycles. The minimum atomic E-state index is -0.108. The van der Waals surface area contributed by atoms with Crippen LogP contribution in [0.4, 0.5) is 5.82 Å². The second-order valence-corrected chi connectivity index (χ2v) is 8.11. The Bertz CT molecular complexity index is 1270. The number of nitrogens with two attached hydrogens (primary N) is 1. The van der Waals surface area contributed by atoms with Crippen molar-refractivity contribution in [3.05, 3.63) is 65.6 Å². The van der Waals surface area contributed by atoms with Gasteiger partial charge in [0.1, 0.15) is 17.6 Å². The number of hydrogen-bond donors (Lipinski definition) is 1. The highest BCUT2D eigenvalue weighted by molar-refractivity contribution is 5.87. The van der Waals surface area contributed by atoms with Gasteiger partial charge in [-0.05, 0) is 49.2 Å². The number of carbonyl (C=O) groups excluding carboxylic acids is 1. The summed E-state index contributed by atoms with van der Waals surface area (Å²) in [5.74, 6) is 7.50. The Kier molecular flexibility index (Phi) is 6.33. The number of anilines is 1. The maximum absolute atomic E-state index is 12.4. The zero-order chi connectivity index (χ0) is 23.5. The van der Waals surface area contributed by atoms with Crippen LogP contribution in [0.1, 0.15) is 34.7 Å². The Morgan fingerprint density at radius 3 is 2.85 bits per heavy atom. The highest BCUT2D eigenvalue weighted by Gasteiger charge is 2.36. The van der Waals surface area contributed by atoms with Crippen molar-refractivity contribution in [3.63, 3.8) is 0 Å². The predicted molar refractivity (Wildman–Crippen MR) is 126 cm³/mol. The zero-order valence-corrected chi connectivity index (χ0v) is 19.0. The number of fused-ring (bicyclic) bond motifs is 1. The Hall–Kier alpha value is -3.83. The third kappa shape index (κ3) is 4.41. The van der Waals surface area contributed by atoms with Crippen LogP contribution in [0.15, 0.2) is 43.2 Å². The van der Waals surface area contributed by atoms with Crippen LogP contribution in [0.3, 0.4) is 0 Å². The predicted octanol–water partition coefficient (Wildman–Crippen LogP) is 2.55. The van der Waals surface area contributed by atoms with Crippen molar-refractivity contribution in [3.8, 4) is 17.6 Å². The Morgan fingerprint density at radius 1 is 1.30 bits per heavy atom. The third-order valence-corrected chi connectivity index (χ3v) is 5.89. The number of aromatic nitrogens is 3. The van der Waals surface area contributed by atoms with Crippen molar-refractivity contribution in [1.29, 1.82) is 0 Å². The number of carbonyl (C=O) groups is 1. The smallest absolute Gasteiger partial charge is 0.246 e. The van der Waals surface area contributed by atoms with Crippen molar-refractivity contribution < 1.29 is 14.3 Å². The van der Waals surface area contributed by atoms with E-state index in [-0.39, 0.29) is 17.9 Å². The summed E-state index contributed by atoms with van der Waals surface area (Å²) in [6.45, 7) is 6.63. The summed E-state index contributed by atoms with van der Waals surface area (Å²) in [5.41, 5.74) is 10.5. The molecule has 33 heavy (non-hydrogen) atoms. The van der Waals surface area contributed by atoms with Gasteiger partial charge in [-0.1, -0.05) is 18.4 Å². The van der Waals surface area contributed by atoms with Gasteiger partial charge >= 0.3 is 0 Å². The number of methoxy groups -OCH3 is 2. The molecule has 2 N–H and O–H groups in total. The molecule has 4 rings (SSSR count). The molecule has 0 unspecified atom stereocenters. The maximum Gasteiger partial charge on any atom is 0.246 e. The van der Waals surface area contributed by atoms with Crippen molar-refractivity contribution in [2.24, 2.45) is 0 Å². The molecule has 8 heteroatoms. The van der Waals surface area contributed by atoms with E-state index in [2.05, 4.69) is 28.5 Å². The molecule has 2 atom stereocenters. The van der Waals surface area contributed by atoms with Gasteiger partial charge in [-0.2, -0.15) is 5.10 Å². The summed E-state index contributed by atoms with van der Waals surface area (Å²) >= 11 is 0. The van der Waals surface area contributed by atoms with Crippen LogP contribution >= 0.6 is 0 Å². The van der Waals surface area contributed by atoms with Crippen LogP contribution in [-0.4, -0.2) is 58.8 Å². The molecule has 1 amide bonds. The number of rotatable bonds is 5. The Labute approximate surface area is 193 Å². The average molecular weight is 446 g/mol. The summed E-state index contributed by atoms with van der Waals surface area (Å²) in [5, 5.41) is 4.45. The fourth-order valence-electron chi connectivity index (χ4n) is 4.42. The maximum atomic E-state index is 12.4. The van der Waals surface area contributed by atoms with E-state index >= 15 is 0 Å². The first-order valence-corrected chi connectivity index (χ1v) is 10.7. The van der Waals surface area contributed by atoms with E-state index in [1.165, 1.54) is 12.4 Å². The molecule has 3 aromatic rings. The summed E-state index contributed by atoms with van der Waals surface area (Å²) in [7, 11) is 3.27. The van der Waals surface area contributed by atoms with Gasteiger partial charge < -0.3 is 20.1 Å². The molecule has 1 saturated heterocycles. The third-order valence-electron chi connectivity index (χ3n) is 5.89. The first-order chi connectivity index (χ1) is 15.9. The highest BCUT2D eigenvalue weighted by atomic mass is 16.5. The molecule has 1 aliphatic rings. The topological polar surface area (TPSA) is 95.0 Å². The average Bonchev–Trinajstić information content (AvgIpc) is 3.39. The quantitative estimate of drug-likeness (QED) is 0.479. The molecule has 170 valence electrons. The summed E-state index contributed by atoms with van der Waals surface area (Å²) < 4.78 is 12.5. The van der Waals surface area contributed by atoms with Gasteiger partial charge in [-0.3, -0.25) is 4.79 Å². The first-order valence-electron chi connectivity index (χ1n) is 10.7. The lowest BCUT2D eigenvalue weighted by Gasteiger charge is -2.22. The lowest BCUT2D eigenvalue weighted by molar-refractivity contribution is -0.127. The number of nitrogens with zero attached hydrogens (tertiary/aromatic N) is 4. The van der Waals surface area contributed by atoms with Crippen molar-refractivity contribution in [1.82, 2.24) is 19.5 Å². The fraction of sp³-hybridized carbons (Fsp3) is 0.320. The lowest BCUT2D eigenvalue weighted by atomic mass is 10.0. The van der Waals surface area contributed by atoms with Crippen LogP contribution < -0.4 is 10.5 Å². The van der Waals surface area contributed by atoms with E-state index in [9.17, 15) is 4.79 Å². The van der Waals surface area contributed by atoms with Gasteiger partial charge in [-0.15, -0.1) is 0 Å². The lowest BCUT2D eigenvalue weighted by Crippen LogP contribution is -2.37. The number of ether oxygens (including phenoxy) is 2. The van der Waals surface area contributed by atoms with Gasteiger partial charge in [0.25, 0.3) is 0 Å². The molecule has 0 bridgehead atoms. The Morgan fingerprint density at radius 2 is 2.12 bits per heavy atom. The van der Waals surface area contributed by atoms with E-state index < -0.39 is 0 Å². The number of nitrogen functional groups attached to an aromatic ring is 1. The van der Waals surface area contributed by atoms with Crippen LogP contribution in [0.5, 0.6) is 5.75 Å². The molecular formula is C25H27N5O3. The molecule has 0 radical (unpaired) electrons. The van der Waals surface area contributed by atoms with Crippen LogP contribution in [0.2, 0.25) is 0 Å². The largest absolute Gasteiger partial charge is 0.497 e. The molecule has 1 fully saturated rings. The van der Waals surface area contributed by atoms with Crippen molar-refractivity contribution in [2.75, 3.05) is 33.1 Å². The molecule has 3 heterocycles. The van der Waals surface area contributed by atoms with Gasteiger partial charge in [0.05, 0.1) is 25.3 Å².